The van der Waals surface area contributed by atoms with Crippen LogP contribution in [0.1, 0.15) is 41.4 Å². The van der Waals surface area contributed by atoms with Gasteiger partial charge in [-0.2, -0.15) is 0 Å². The third kappa shape index (κ3) is 6.16. The van der Waals surface area contributed by atoms with Crippen molar-refractivity contribution >= 4 is 134 Å². The van der Waals surface area contributed by atoms with Crippen LogP contribution < -0.4 is 11.5 Å². The molecule has 0 amide bonds. The molecule has 0 spiro atoms. The number of hydrogen-bond donors (Lipinski definition) is 3. The highest BCUT2D eigenvalue weighted by Gasteiger charge is 2.35. The number of halogens is 8. The van der Waals surface area contributed by atoms with Crippen molar-refractivity contribution in [2.24, 2.45) is 11.5 Å². The highest BCUT2D eigenvalue weighted by molar-refractivity contribution is 9.15. The smallest absolute Gasteiger partial charge is 0.348 e. The fourth-order valence-electron chi connectivity index (χ4n) is 2.47. The van der Waals surface area contributed by atoms with Gasteiger partial charge in [0.2, 0.25) is 0 Å². The monoisotopic (exact) mass is 820 g/mol. The lowest BCUT2D eigenvalue weighted by molar-refractivity contribution is 0.0312. The Hall–Kier alpha value is -0.480. The van der Waals surface area contributed by atoms with Crippen molar-refractivity contribution in [3.63, 3.8) is 0 Å². The van der Waals surface area contributed by atoms with Crippen molar-refractivity contribution in [2.75, 3.05) is 6.54 Å². The first-order valence-corrected chi connectivity index (χ1v) is 13.2. The molecule has 0 aromatic heterocycles. The molecule has 17 heteroatoms. The lowest BCUT2D eigenvalue weighted by atomic mass is 10.1. The van der Waals surface area contributed by atoms with Crippen LogP contribution in [0.4, 0.5) is 0 Å². The zero-order valence-electron chi connectivity index (χ0n) is 16.4. The van der Waals surface area contributed by atoms with Crippen molar-refractivity contribution in [1.82, 2.24) is 0 Å². The Kier molecular flexibility index (Phi) is 10.9. The van der Waals surface area contributed by atoms with Crippen LogP contribution in [0.15, 0.2) is 17.9 Å². The topological polar surface area (TPSA) is 159 Å². The van der Waals surface area contributed by atoms with Gasteiger partial charge in [0, 0.05) is 24.4 Å². The summed E-state index contributed by atoms with van der Waals surface area (Å²) in [6, 6.07) is 0. The number of benzene rings is 2. The molecular weight excluding hydrogens is 818 g/mol. The molecule has 2 rings (SSSR count). The second-order valence-electron chi connectivity index (χ2n) is 6.17. The minimum atomic E-state index is -1.53. The third-order valence-electron chi connectivity index (χ3n) is 4.04. The average molecular weight is 826 g/mol. The second-order valence-corrected chi connectivity index (χ2v) is 10.9. The molecule has 9 nitrogen and oxygen atoms in total. The summed E-state index contributed by atoms with van der Waals surface area (Å²) >= 11 is 36.7. The van der Waals surface area contributed by atoms with E-state index in [4.69, 9.17) is 67.3 Å². The fourth-order valence-corrected chi connectivity index (χ4v) is 5.93. The van der Waals surface area contributed by atoms with E-state index in [-0.39, 0.29) is 24.4 Å². The van der Waals surface area contributed by atoms with E-state index in [2.05, 4.69) is 63.7 Å². The molecule has 0 heterocycles. The largest absolute Gasteiger partial charge is 0.478 e. The van der Waals surface area contributed by atoms with Gasteiger partial charge in [0.15, 0.2) is 6.23 Å². The molecule has 1 unspecified atom stereocenters. The van der Waals surface area contributed by atoms with Gasteiger partial charge in [-0.25, -0.2) is 19.2 Å². The summed E-state index contributed by atoms with van der Waals surface area (Å²) in [4.78, 5) is 50.5. The summed E-state index contributed by atoms with van der Waals surface area (Å²) in [6.07, 6.45) is -1.29. The second kappa shape index (κ2) is 12.4. The lowest BCUT2D eigenvalue weighted by Crippen LogP contribution is -2.35. The average Bonchev–Trinajstić information content (AvgIpc) is 2.79. The summed E-state index contributed by atoms with van der Waals surface area (Å²) < 4.78 is 10.1. The molecule has 188 valence electrons. The van der Waals surface area contributed by atoms with Crippen LogP contribution in [0, 0.1) is 0 Å². The summed E-state index contributed by atoms with van der Waals surface area (Å²) in [5.74, 6) is -5.74. The summed E-state index contributed by atoms with van der Waals surface area (Å²) in [6.45, 7) is -0.282. The van der Waals surface area contributed by atoms with Crippen molar-refractivity contribution in [1.29, 1.82) is 0 Å². The third-order valence-corrected chi connectivity index (χ3v) is 10.6. The minimum Gasteiger partial charge on any atom is -0.478 e. The molecule has 0 aliphatic carbocycles. The number of rotatable bonds is 6. The van der Waals surface area contributed by atoms with E-state index in [0.29, 0.717) is 0 Å². The van der Waals surface area contributed by atoms with E-state index in [1.807, 2.05) is 0 Å². The molecule has 0 aliphatic rings. The van der Waals surface area contributed by atoms with Gasteiger partial charge in [0.1, 0.15) is 0 Å². The highest BCUT2D eigenvalue weighted by Crippen LogP contribution is 2.44. The number of hydrogen-bond acceptors (Lipinski definition) is 8. The Labute approximate surface area is 250 Å². The number of carbonyl (C=O) groups is 4. The van der Waals surface area contributed by atoms with Gasteiger partial charge in [0.25, 0.3) is 0 Å². The molecule has 1 atom stereocenters. The number of carboxylic acids is 1. The van der Waals surface area contributed by atoms with Gasteiger partial charge in [-0.1, -0.05) is 46.4 Å². The summed E-state index contributed by atoms with van der Waals surface area (Å²) in [5.41, 5.74) is 8.25. The number of carbonyl (C=O) groups excluding carboxylic acids is 3. The normalized spacial score (nSPS) is 11.7. The molecule has 0 radical (unpaired) electrons. The van der Waals surface area contributed by atoms with E-state index < -0.39 is 72.4 Å². The SMILES string of the molecule is NCC(N)OC(=O)c1c(Cl)c(Cl)c(Cl)c(Cl)c1C(=O)OC(=O)c1c(Br)c(Br)c(Br)c(Br)c1C(=O)O. The van der Waals surface area contributed by atoms with E-state index >= 15 is 0 Å². The van der Waals surface area contributed by atoms with Crippen LogP contribution in [-0.2, 0) is 9.47 Å². The van der Waals surface area contributed by atoms with Crippen LogP contribution in [0.2, 0.25) is 20.1 Å². The molecular formula is C18H8Br4Cl4N2O7. The predicted octanol–water partition coefficient (Wildman–Crippen LogP) is 6.45. The molecule has 5 N–H and O–H groups in total. The maximum Gasteiger partial charge on any atom is 0.348 e. The number of esters is 3. The van der Waals surface area contributed by atoms with Crippen LogP contribution in [-0.4, -0.2) is 41.8 Å². The Morgan fingerprint density at radius 3 is 1.54 bits per heavy atom. The zero-order chi connectivity index (χ0) is 26.9. The first kappa shape index (κ1) is 30.7. The number of ether oxygens (including phenoxy) is 2. The van der Waals surface area contributed by atoms with E-state index in [0.717, 1.165) is 0 Å². The van der Waals surface area contributed by atoms with Gasteiger partial charge in [-0.05, 0) is 63.7 Å². The van der Waals surface area contributed by atoms with Gasteiger partial charge in [-0.3, -0.25) is 5.73 Å². The van der Waals surface area contributed by atoms with Crippen LogP contribution in [0.5, 0.6) is 0 Å². The van der Waals surface area contributed by atoms with Gasteiger partial charge < -0.3 is 20.3 Å². The number of carboxylic acid groups (broad SMARTS) is 1. The van der Waals surface area contributed by atoms with Crippen LogP contribution in [0.3, 0.4) is 0 Å². The Morgan fingerprint density at radius 1 is 0.714 bits per heavy atom. The number of aromatic carboxylic acids is 1. The highest BCUT2D eigenvalue weighted by atomic mass is 79.9. The Morgan fingerprint density at radius 2 is 1.11 bits per heavy atom. The van der Waals surface area contributed by atoms with Crippen molar-refractivity contribution < 1.29 is 33.8 Å². The van der Waals surface area contributed by atoms with Gasteiger partial charge >= 0.3 is 23.9 Å². The van der Waals surface area contributed by atoms with Gasteiger partial charge in [0.05, 0.1) is 42.3 Å². The molecule has 0 fully saturated rings. The lowest BCUT2D eigenvalue weighted by Gasteiger charge is -2.17. The number of nitrogens with two attached hydrogens (primary N) is 2. The molecule has 0 bridgehead atoms. The first-order chi connectivity index (χ1) is 16.2. The van der Waals surface area contributed by atoms with E-state index in [1.165, 1.54) is 0 Å². The quantitative estimate of drug-likeness (QED) is 0.0980. The van der Waals surface area contributed by atoms with Crippen LogP contribution in [0.25, 0.3) is 0 Å². The zero-order valence-corrected chi connectivity index (χ0v) is 25.7. The molecule has 35 heavy (non-hydrogen) atoms. The molecule has 0 aliphatic heterocycles. The molecule has 2 aromatic rings. The van der Waals surface area contributed by atoms with Crippen molar-refractivity contribution in [2.45, 2.75) is 6.23 Å². The first-order valence-electron chi connectivity index (χ1n) is 8.55. The van der Waals surface area contributed by atoms with Gasteiger partial charge in [-0.15, -0.1) is 0 Å². The van der Waals surface area contributed by atoms with Crippen molar-refractivity contribution in [3.8, 4) is 0 Å². The molecule has 0 saturated heterocycles. The van der Waals surface area contributed by atoms with Crippen LogP contribution >= 0.6 is 110 Å². The van der Waals surface area contributed by atoms with E-state index in [9.17, 15) is 24.3 Å². The molecule has 0 saturated carbocycles. The minimum absolute atomic E-state index is 0.0323. The maximum atomic E-state index is 13.0. The summed E-state index contributed by atoms with van der Waals surface area (Å²) in [7, 11) is 0. The standard InChI is InChI=1S/C18H8Br4Cl4N2O7/c19-7-3(15(29)30)4(8(20)10(22)9(7)21)16(31)35-18(33)6-5(17(32)34-2(28)1-27)11(23)13(25)14(26)12(6)24/h2H,1,27-28H2,(H,29,30). The Bertz CT molecular complexity index is 1290. The predicted molar refractivity (Wildman–Crippen MR) is 143 cm³/mol. The maximum absolute atomic E-state index is 13.0. The summed E-state index contributed by atoms with van der Waals surface area (Å²) in [5, 5.41) is 7.66. The van der Waals surface area contributed by atoms with E-state index in [1.54, 1.807) is 0 Å². The molecule has 2 aromatic carbocycles. The fraction of sp³-hybridized carbons (Fsp3) is 0.111. The van der Waals surface area contributed by atoms with Crippen molar-refractivity contribution in [3.05, 3.63) is 60.2 Å². The Balaban J connectivity index is 2.68.